The first-order valence-electron chi connectivity index (χ1n) is 6.15. The van der Waals surface area contributed by atoms with Crippen molar-refractivity contribution in [2.45, 2.75) is 26.3 Å². The van der Waals surface area contributed by atoms with Crippen LogP contribution in [0, 0.1) is 0 Å². The third kappa shape index (κ3) is 3.07. The van der Waals surface area contributed by atoms with Gasteiger partial charge in [0.1, 0.15) is 0 Å². The number of anilines is 1. The van der Waals surface area contributed by atoms with Crippen LogP contribution < -0.4 is 10.6 Å². The van der Waals surface area contributed by atoms with Crippen LogP contribution in [0.5, 0.6) is 0 Å². The molecule has 0 bridgehead atoms. The van der Waals surface area contributed by atoms with Gasteiger partial charge in [-0.15, -0.1) is 0 Å². The highest BCUT2D eigenvalue weighted by Gasteiger charge is 2.08. The lowest BCUT2D eigenvalue weighted by molar-refractivity contribution is -0.116. The smallest absolute Gasteiger partial charge is 0.225 e. The lowest BCUT2D eigenvalue weighted by Crippen LogP contribution is -2.30. The van der Waals surface area contributed by atoms with Gasteiger partial charge < -0.3 is 10.6 Å². The summed E-state index contributed by atoms with van der Waals surface area (Å²) in [5.74, 6) is 0.0197. The molecule has 18 heavy (non-hydrogen) atoms. The summed E-state index contributed by atoms with van der Waals surface area (Å²) in [7, 11) is 0. The minimum Gasteiger partial charge on any atom is -0.326 e. The van der Waals surface area contributed by atoms with E-state index >= 15 is 0 Å². The van der Waals surface area contributed by atoms with Crippen molar-refractivity contribution in [3.8, 4) is 0 Å². The van der Waals surface area contributed by atoms with Crippen molar-refractivity contribution in [1.82, 2.24) is 15.5 Å². The maximum atomic E-state index is 11.8. The third-order valence-electron chi connectivity index (χ3n) is 2.77. The van der Waals surface area contributed by atoms with E-state index in [4.69, 9.17) is 0 Å². The molecule has 0 aliphatic heterocycles. The molecule has 5 heteroatoms. The molecule has 3 N–H and O–H groups in total. The van der Waals surface area contributed by atoms with Crippen molar-refractivity contribution in [3.63, 3.8) is 0 Å². The average molecular weight is 246 g/mol. The Labute approximate surface area is 106 Å². The molecule has 0 saturated carbocycles. The Hall–Kier alpha value is -1.88. The molecule has 1 amide bonds. The molecule has 0 radical (unpaired) electrons. The Balaban J connectivity index is 1.97. The van der Waals surface area contributed by atoms with Crippen LogP contribution in [0.3, 0.4) is 0 Å². The van der Waals surface area contributed by atoms with Gasteiger partial charge in [0.05, 0.1) is 11.7 Å². The molecule has 0 fully saturated rings. The zero-order valence-corrected chi connectivity index (χ0v) is 10.7. The van der Waals surface area contributed by atoms with Crippen LogP contribution in [0.15, 0.2) is 24.4 Å². The van der Waals surface area contributed by atoms with Gasteiger partial charge >= 0.3 is 0 Å². The minimum atomic E-state index is 0.0197. The molecule has 2 rings (SSSR count). The van der Waals surface area contributed by atoms with E-state index in [1.807, 2.05) is 32.0 Å². The number of hydrogen-bond donors (Lipinski definition) is 3. The van der Waals surface area contributed by atoms with Crippen molar-refractivity contribution in [3.05, 3.63) is 24.4 Å². The summed E-state index contributed by atoms with van der Waals surface area (Å²) < 4.78 is 0. The number of hydrogen-bond acceptors (Lipinski definition) is 3. The Morgan fingerprint density at radius 1 is 1.50 bits per heavy atom. The van der Waals surface area contributed by atoms with Crippen LogP contribution in [0.2, 0.25) is 0 Å². The molecule has 1 aromatic heterocycles. The number of aromatic nitrogens is 2. The van der Waals surface area contributed by atoms with E-state index in [1.54, 1.807) is 6.20 Å². The number of rotatable bonds is 5. The van der Waals surface area contributed by atoms with E-state index < -0.39 is 0 Å². The molecule has 1 aromatic carbocycles. The fraction of sp³-hybridized carbons (Fsp3) is 0.385. The zero-order valence-electron chi connectivity index (χ0n) is 10.7. The predicted molar refractivity (Wildman–Crippen MR) is 72.5 cm³/mol. The Morgan fingerprint density at radius 3 is 3.11 bits per heavy atom. The van der Waals surface area contributed by atoms with E-state index in [1.165, 1.54) is 0 Å². The molecule has 0 aliphatic rings. The molecule has 0 spiro atoms. The number of amides is 1. The van der Waals surface area contributed by atoms with Crippen molar-refractivity contribution in [2.75, 3.05) is 11.9 Å². The maximum absolute atomic E-state index is 11.8. The first-order valence-corrected chi connectivity index (χ1v) is 6.15. The van der Waals surface area contributed by atoms with Crippen molar-refractivity contribution >= 4 is 22.5 Å². The fourth-order valence-electron chi connectivity index (χ4n) is 1.93. The van der Waals surface area contributed by atoms with Crippen LogP contribution in [0.4, 0.5) is 5.69 Å². The second-order valence-electron chi connectivity index (χ2n) is 4.38. The quantitative estimate of drug-likeness (QED) is 0.754. The number of nitrogens with zero attached hydrogens (tertiary/aromatic N) is 1. The largest absolute Gasteiger partial charge is 0.326 e. The van der Waals surface area contributed by atoms with Gasteiger partial charge in [-0.25, -0.2) is 0 Å². The summed E-state index contributed by atoms with van der Waals surface area (Å²) in [5.41, 5.74) is 1.77. The van der Waals surface area contributed by atoms with Gasteiger partial charge in [-0.05, 0) is 31.7 Å². The molecule has 1 heterocycles. The van der Waals surface area contributed by atoms with Crippen LogP contribution >= 0.6 is 0 Å². The third-order valence-corrected chi connectivity index (χ3v) is 2.77. The predicted octanol–water partition coefficient (Wildman–Crippen LogP) is 1.89. The highest BCUT2D eigenvalue weighted by molar-refractivity contribution is 5.93. The number of carbonyl (C=O) groups is 1. The highest BCUT2D eigenvalue weighted by atomic mass is 16.1. The fourth-order valence-corrected chi connectivity index (χ4v) is 1.93. The lowest BCUT2D eigenvalue weighted by atomic mass is 10.2. The van der Waals surface area contributed by atoms with E-state index in [0.717, 1.165) is 23.1 Å². The van der Waals surface area contributed by atoms with Gasteiger partial charge in [0, 0.05) is 23.5 Å². The molecular formula is C13H18N4O. The second-order valence-corrected chi connectivity index (χ2v) is 4.38. The van der Waals surface area contributed by atoms with E-state index in [9.17, 15) is 4.79 Å². The number of aromatic amines is 1. The minimum absolute atomic E-state index is 0.0197. The Bertz CT molecular complexity index is 535. The Morgan fingerprint density at radius 2 is 2.33 bits per heavy atom. The molecule has 96 valence electrons. The van der Waals surface area contributed by atoms with Gasteiger partial charge in [-0.3, -0.25) is 9.89 Å². The summed E-state index contributed by atoms with van der Waals surface area (Å²) in [6.07, 6.45) is 2.21. The van der Waals surface area contributed by atoms with Crippen LogP contribution in [-0.4, -0.2) is 28.7 Å². The molecule has 2 aromatic rings. The zero-order chi connectivity index (χ0) is 13.0. The lowest BCUT2D eigenvalue weighted by Gasteiger charge is -2.12. The topological polar surface area (TPSA) is 69.8 Å². The molecular weight excluding hydrogens is 228 g/mol. The van der Waals surface area contributed by atoms with Gasteiger partial charge in [-0.2, -0.15) is 5.10 Å². The number of nitrogens with one attached hydrogen (secondary N) is 3. The van der Waals surface area contributed by atoms with E-state index in [2.05, 4.69) is 20.8 Å². The maximum Gasteiger partial charge on any atom is 0.225 e. The van der Waals surface area contributed by atoms with Gasteiger partial charge in [0.2, 0.25) is 5.91 Å². The number of benzene rings is 1. The first kappa shape index (κ1) is 12.6. The monoisotopic (exact) mass is 246 g/mol. The second kappa shape index (κ2) is 5.64. The summed E-state index contributed by atoms with van der Waals surface area (Å²) >= 11 is 0. The summed E-state index contributed by atoms with van der Waals surface area (Å²) in [5, 5.41) is 13.9. The van der Waals surface area contributed by atoms with Gasteiger partial charge in [-0.1, -0.05) is 6.92 Å². The summed E-state index contributed by atoms with van der Waals surface area (Å²) in [6, 6.07) is 5.88. The Kier molecular flexibility index (Phi) is 3.94. The summed E-state index contributed by atoms with van der Waals surface area (Å²) in [6.45, 7) is 4.90. The SMILES string of the molecule is CCNC(C)CC(=O)Nc1ccc2[nH]ncc2c1. The van der Waals surface area contributed by atoms with Gasteiger partial charge in [0.15, 0.2) is 0 Å². The number of fused-ring (bicyclic) bond motifs is 1. The molecule has 0 aliphatic carbocycles. The van der Waals surface area contributed by atoms with Crippen LogP contribution in [0.1, 0.15) is 20.3 Å². The molecule has 1 unspecified atom stereocenters. The number of carbonyl (C=O) groups excluding carboxylic acids is 1. The van der Waals surface area contributed by atoms with E-state index in [0.29, 0.717) is 6.42 Å². The average Bonchev–Trinajstić information content (AvgIpc) is 2.76. The number of H-pyrrole nitrogens is 1. The highest BCUT2D eigenvalue weighted by Crippen LogP contribution is 2.16. The van der Waals surface area contributed by atoms with Crippen molar-refractivity contribution in [2.24, 2.45) is 0 Å². The molecule has 0 saturated heterocycles. The normalized spacial score (nSPS) is 12.6. The van der Waals surface area contributed by atoms with Crippen molar-refractivity contribution < 1.29 is 4.79 Å². The first-order chi connectivity index (χ1) is 8.69. The van der Waals surface area contributed by atoms with E-state index in [-0.39, 0.29) is 11.9 Å². The van der Waals surface area contributed by atoms with Gasteiger partial charge in [0.25, 0.3) is 0 Å². The van der Waals surface area contributed by atoms with Crippen LogP contribution in [-0.2, 0) is 4.79 Å². The standard InChI is InChI=1S/C13H18N4O/c1-3-14-9(2)6-13(18)16-11-4-5-12-10(7-11)8-15-17-12/h4-5,7-9,14H,3,6H2,1-2H3,(H,15,17)(H,16,18). The molecule has 5 nitrogen and oxygen atoms in total. The van der Waals surface area contributed by atoms with Crippen molar-refractivity contribution in [1.29, 1.82) is 0 Å². The molecule has 1 atom stereocenters. The van der Waals surface area contributed by atoms with Crippen LogP contribution in [0.25, 0.3) is 10.9 Å². The summed E-state index contributed by atoms with van der Waals surface area (Å²) in [4.78, 5) is 11.8.